The second-order valence-corrected chi connectivity index (χ2v) is 4.37. The van der Waals surface area contributed by atoms with Gasteiger partial charge in [-0.2, -0.15) is 0 Å². The topological polar surface area (TPSA) is 30.5 Å². The summed E-state index contributed by atoms with van der Waals surface area (Å²) in [6.07, 6.45) is 2.67. The maximum Gasteiger partial charge on any atom is 0.0809 e. The molecule has 1 atom stereocenters. The quantitative estimate of drug-likeness (QED) is 0.733. The van der Waals surface area contributed by atoms with E-state index in [9.17, 15) is 0 Å². The molecule has 1 unspecified atom stereocenters. The van der Waals surface area contributed by atoms with Crippen LogP contribution in [0.1, 0.15) is 18.4 Å². The van der Waals surface area contributed by atoms with Gasteiger partial charge in [-0.05, 0) is 18.4 Å². The first-order valence-corrected chi connectivity index (χ1v) is 6.39. The maximum absolute atomic E-state index is 5.57. The van der Waals surface area contributed by atoms with Gasteiger partial charge >= 0.3 is 0 Å². The van der Waals surface area contributed by atoms with Gasteiger partial charge in [0.2, 0.25) is 0 Å². The van der Waals surface area contributed by atoms with Crippen molar-refractivity contribution in [2.75, 3.05) is 26.4 Å². The first kappa shape index (κ1) is 12.6. The molecule has 0 aliphatic carbocycles. The third-order valence-corrected chi connectivity index (χ3v) is 2.92. The molecule has 1 aliphatic rings. The predicted octanol–water partition coefficient (Wildman–Crippen LogP) is 1.97. The van der Waals surface area contributed by atoms with E-state index in [2.05, 4.69) is 29.6 Å². The number of nitrogens with one attached hydrogen (secondary N) is 1. The van der Waals surface area contributed by atoms with E-state index in [-0.39, 0.29) is 0 Å². The molecule has 0 amide bonds. The molecule has 1 heterocycles. The Morgan fingerprint density at radius 2 is 2.18 bits per heavy atom. The highest BCUT2D eigenvalue weighted by molar-refractivity contribution is 5.14. The van der Waals surface area contributed by atoms with Gasteiger partial charge in [0.05, 0.1) is 19.3 Å². The van der Waals surface area contributed by atoms with E-state index in [0.29, 0.717) is 6.10 Å². The van der Waals surface area contributed by atoms with E-state index < -0.39 is 0 Å². The number of benzene rings is 1. The molecule has 0 radical (unpaired) electrons. The largest absolute Gasteiger partial charge is 0.377 e. The second kappa shape index (κ2) is 7.43. The Balaban J connectivity index is 1.46. The zero-order valence-electron chi connectivity index (χ0n) is 10.2. The van der Waals surface area contributed by atoms with Gasteiger partial charge in [0.25, 0.3) is 0 Å². The van der Waals surface area contributed by atoms with Crippen LogP contribution in [0.25, 0.3) is 0 Å². The van der Waals surface area contributed by atoms with E-state index in [1.165, 1.54) is 12.0 Å². The van der Waals surface area contributed by atoms with E-state index in [0.717, 1.165) is 39.3 Å². The lowest BCUT2D eigenvalue weighted by atomic mass is 10.2. The van der Waals surface area contributed by atoms with E-state index in [1.54, 1.807) is 0 Å². The van der Waals surface area contributed by atoms with Crippen molar-refractivity contribution in [1.29, 1.82) is 0 Å². The third-order valence-electron chi connectivity index (χ3n) is 2.92. The highest BCUT2D eigenvalue weighted by Crippen LogP contribution is 2.11. The van der Waals surface area contributed by atoms with E-state index in [4.69, 9.17) is 9.47 Å². The van der Waals surface area contributed by atoms with Crippen LogP contribution in [0.5, 0.6) is 0 Å². The normalized spacial score (nSPS) is 19.6. The molecule has 0 aromatic heterocycles. The van der Waals surface area contributed by atoms with Crippen molar-refractivity contribution >= 4 is 0 Å². The Labute approximate surface area is 103 Å². The fourth-order valence-corrected chi connectivity index (χ4v) is 1.96. The number of hydrogen-bond acceptors (Lipinski definition) is 3. The predicted molar refractivity (Wildman–Crippen MR) is 67.9 cm³/mol. The molecule has 1 N–H and O–H groups in total. The molecular formula is C14H21NO2. The summed E-state index contributed by atoms with van der Waals surface area (Å²) in [4.78, 5) is 0. The Kier molecular flexibility index (Phi) is 5.49. The average Bonchev–Trinajstić information content (AvgIpc) is 2.88. The number of ether oxygens (including phenoxy) is 2. The summed E-state index contributed by atoms with van der Waals surface area (Å²) >= 11 is 0. The molecular weight excluding hydrogens is 214 g/mol. The molecule has 2 rings (SSSR count). The molecule has 94 valence electrons. The number of rotatable bonds is 7. The van der Waals surface area contributed by atoms with Crippen LogP contribution in [-0.4, -0.2) is 32.5 Å². The minimum atomic E-state index is 0.337. The van der Waals surface area contributed by atoms with Crippen molar-refractivity contribution in [3.05, 3.63) is 35.9 Å². The van der Waals surface area contributed by atoms with Gasteiger partial charge in [0.15, 0.2) is 0 Å². The van der Waals surface area contributed by atoms with Crippen molar-refractivity contribution in [3.8, 4) is 0 Å². The monoisotopic (exact) mass is 235 g/mol. The summed E-state index contributed by atoms with van der Waals surface area (Å²) in [7, 11) is 0. The fourth-order valence-electron chi connectivity index (χ4n) is 1.96. The van der Waals surface area contributed by atoms with Crippen molar-refractivity contribution in [2.24, 2.45) is 0 Å². The van der Waals surface area contributed by atoms with Crippen LogP contribution < -0.4 is 5.32 Å². The molecule has 1 saturated heterocycles. The number of hydrogen-bond donors (Lipinski definition) is 1. The van der Waals surface area contributed by atoms with Gasteiger partial charge in [-0.3, -0.25) is 0 Å². The molecule has 1 aromatic carbocycles. The zero-order chi connectivity index (χ0) is 11.8. The molecule has 3 nitrogen and oxygen atoms in total. The molecule has 0 saturated carbocycles. The second-order valence-electron chi connectivity index (χ2n) is 4.37. The van der Waals surface area contributed by atoms with Gasteiger partial charge in [-0.25, -0.2) is 0 Å². The molecule has 17 heavy (non-hydrogen) atoms. The Bertz CT molecular complexity index is 296. The summed E-state index contributed by atoms with van der Waals surface area (Å²) in [5.41, 5.74) is 1.31. The van der Waals surface area contributed by atoms with Gasteiger partial charge < -0.3 is 14.8 Å². The molecule has 1 aromatic rings. The Hall–Kier alpha value is -0.900. The summed E-state index contributed by atoms with van der Waals surface area (Å²) in [6, 6.07) is 10.4. The smallest absolute Gasteiger partial charge is 0.0809 e. The lowest BCUT2D eigenvalue weighted by molar-refractivity contribution is 0.0183. The minimum absolute atomic E-state index is 0.337. The SMILES string of the molecule is c1ccc(CNCCOCC2CCCO2)cc1. The minimum Gasteiger partial charge on any atom is -0.377 e. The summed E-state index contributed by atoms with van der Waals surface area (Å²) < 4.78 is 11.1. The maximum atomic E-state index is 5.57. The van der Waals surface area contributed by atoms with Crippen molar-refractivity contribution < 1.29 is 9.47 Å². The van der Waals surface area contributed by atoms with Crippen LogP contribution in [0.3, 0.4) is 0 Å². The summed E-state index contributed by atoms with van der Waals surface area (Å²) in [6.45, 7) is 4.20. The summed E-state index contributed by atoms with van der Waals surface area (Å²) in [5, 5.41) is 3.36. The zero-order valence-corrected chi connectivity index (χ0v) is 10.2. The van der Waals surface area contributed by atoms with Crippen molar-refractivity contribution in [3.63, 3.8) is 0 Å². The summed E-state index contributed by atoms with van der Waals surface area (Å²) in [5.74, 6) is 0. The molecule has 0 bridgehead atoms. The van der Waals surface area contributed by atoms with Crippen LogP contribution >= 0.6 is 0 Å². The van der Waals surface area contributed by atoms with Crippen LogP contribution in [0.2, 0.25) is 0 Å². The molecule has 3 heteroatoms. The standard InChI is InChI=1S/C14H21NO2/c1-2-5-13(6-3-1)11-15-8-10-16-12-14-7-4-9-17-14/h1-3,5-6,14-15H,4,7-12H2. The van der Waals surface area contributed by atoms with Gasteiger partial charge in [-0.15, -0.1) is 0 Å². The molecule has 1 fully saturated rings. The van der Waals surface area contributed by atoms with Gasteiger partial charge in [0.1, 0.15) is 0 Å². The lowest BCUT2D eigenvalue weighted by Crippen LogP contribution is -2.22. The average molecular weight is 235 g/mol. The van der Waals surface area contributed by atoms with Gasteiger partial charge in [0, 0.05) is 19.7 Å². The van der Waals surface area contributed by atoms with Crippen molar-refractivity contribution in [2.45, 2.75) is 25.5 Å². The Morgan fingerprint density at radius 1 is 1.29 bits per heavy atom. The molecule has 1 aliphatic heterocycles. The first-order valence-electron chi connectivity index (χ1n) is 6.39. The van der Waals surface area contributed by atoms with Crippen LogP contribution in [0.4, 0.5) is 0 Å². The van der Waals surface area contributed by atoms with E-state index in [1.807, 2.05) is 6.07 Å². The molecule has 0 spiro atoms. The van der Waals surface area contributed by atoms with E-state index >= 15 is 0 Å². The van der Waals surface area contributed by atoms with Crippen molar-refractivity contribution in [1.82, 2.24) is 5.32 Å². The van der Waals surface area contributed by atoms with Crippen LogP contribution in [-0.2, 0) is 16.0 Å². The van der Waals surface area contributed by atoms with Crippen LogP contribution in [0, 0.1) is 0 Å². The van der Waals surface area contributed by atoms with Gasteiger partial charge in [-0.1, -0.05) is 30.3 Å². The Morgan fingerprint density at radius 3 is 2.94 bits per heavy atom. The fraction of sp³-hybridized carbons (Fsp3) is 0.571. The lowest BCUT2D eigenvalue weighted by Gasteiger charge is -2.10. The highest BCUT2D eigenvalue weighted by Gasteiger charge is 2.14. The third kappa shape index (κ3) is 4.86. The first-order chi connectivity index (χ1) is 8.45. The van der Waals surface area contributed by atoms with Crippen LogP contribution in [0.15, 0.2) is 30.3 Å². The highest BCUT2D eigenvalue weighted by atomic mass is 16.5.